The number of hydrogen-bond acceptors (Lipinski definition) is 6. The number of aryl methyl sites for hydroxylation is 1. The van der Waals surface area contributed by atoms with E-state index < -0.39 is 18.1 Å². The molecule has 0 spiro atoms. The minimum absolute atomic E-state index is 0.101. The molecule has 0 fully saturated rings. The number of benzene rings is 3. The zero-order chi connectivity index (χ0) is 24.4. The second kappa shape index (κ2) is 9.38. The Morgan fingerprint density at radius 1 is 1.06 bits per heavy atom. The van der Waals surface area contributed by atoms with Crippen LogP contribution < -0.4 is 10.1 Å². The molecule has 9 heteroatoms. The molecule has 1 amide bonds. The molecule has 176 valence electrons. The first kappa shape index (κ1) is 22.3. The van der Waals surface area contributed by atoms with E-state index in [4.69, 9.17) is 9.15 Å². The molecule has 35 heavy (non-hydrogen) atoms. The third-order valence-electron chi connectivity index (χ3n) is 5.53. The topological polar surface area (TPSA) is 95.1 Å². The van der Waals surface area contributed by atoms with Gasteiger partial charge in [-0.2, -0.15) is 5.10 Å². The van der Waals surface area contributed by atoms with Gasteiger partial charge in [-0.05, 0) is 55.0 Å². The predicted octanol–water partition coefficient (Wildman–Crippen LogP) is 4.79. The molecule has 0 saturated carbocycles. The first-order valence-electron chi connectivity index (χ1n) is 11.0. The zero-order valence-corrected chi connectivity index (χ0v) is 19.1. The van der Waals surface area contributed by atoms with E-state index in [-0.39, 0.29) is 11.7 Å². The highest BCUT2D eigenvalue weighted by Gasteiger charge is 2.25. The Morgan fingerprint density at radius 2 is 1.83 bits per heavy atom. The summed E-state index contributed by atoms with van der Waals surface area (Å²) in [7, 11) is 0. The van der Waals surface area contributed by atoms with Crippen LogP contribution in [0.25, 0.3) is 16.6 Å². The summed E-state index contributed by atoms with van der Waals surface area (Å²) < 4.78 is 26.7. The standard InChI is InChI=1S/C26H22FN5O3/c1-16(29-25(33)26-31-30-17(2)34-26)24(18-6-4-3-5-7-18)35-22-12-13-23-19(14-22)15-28-32(23)21-10-8-20(27)9-11-21/h3-16,24H,1-2H3,(H,29,33)/t16-,24+/m0/s1. The highest BCUT2D eigenvalue weighted by Crippen LogP contribution is 2.29. The average molecular weight is 471 g/mol. The molecular weight excluding hydrogens is 449 g/mol. The molecule has 5 aromatic rings. The number of ether oxygens (including phenoxy) is 1. The molecule has 0 aliphatic carbocycles. The normalized spacial score (nSPS) is 12.9. The van der Waals surface area contributed by atoms with E-state index in [0.717, 1.165) is 22.2 Å². The number of nitrogens with zero attached hydrogens (tertiary/aromatic N) is 4. The summed E-state index contributed by atoms with van der Waals surface area (Å²) in [4.78, 5) is 12.6. The third-order valence-corrected chi connectivity index (χ3v) is 5.53. The summed E-state index contributed by atoms with van der Waals surface area (Å²) in [5.74, 6) is 0.0469. The number of carbonyl (C=O) groups is 1. The van der Waals surface area contributed by atoms with Crippen molar-refractivity contribution in [2.45, 2.75) is 26.0 Å². The molecule has 1 N–H and O–H groups in total. The van der Waals surface area contributed by atoms with Gasteiger partial charge in [0, 0.05) is 12.3 Å². The highest BCUT2D eigenvalue weighted by molar-refractivity contribution is 5.89. The molecule has 2 aromatic heterocycles. The fraction of sp³-hybridized carbons (Fsp3) is 0.154. The van der Waals surface area contributed by atoms with Gasteiger partial charge in [-0.1, -0.05) is 30.3 Å². The van der Waals surface area contributed by atoms with Crippen LogP contribution in [0.4, 0.5) is 4.39 Å². The van der Waals surface area contributed by atoms with Gasteiger partial charge in [0.25, 0.3) is 0 Å². The fourth-order valence-corrected chi connectivity index (χ4v) is 3.85. The number of amides is 1. The van der Waals surface area contributed by atoms with E-state index in [1.807, 2.05) is 55.5 Å². The van der Waals surface area contributed by atoms with Crippen LogP contribution in [0.5, 0.6) is 5.75 Å². The van der Waals surface area contributed by atoms with E-state index in [1.165, 1.54) is 12.1 Å². The molecule has 0 aliphatic heterocycles. The number of aromatic nitrogens is 4. The lowest BCUT2D eigenvalue weighted by Crippen LogP contribution is -2.39. The Kier molecular flexibility index (Phi) is 5.97. The van der Waals surface area contributed by atoms with Crippen LogP contribution in [0.1, 0.15) is 35.2 Å². The molecular formula is C26H22FN5O3. The van der Waals surface area contributed by atoms with Crippen molar-refractivity contribution in [3.05, 3.63) is 102 Å². The molecule has 5 rings (SSSR count). The first-order valence-corrected chi connectivity index (χ1v) is 11.0. The SMILES string of the molecule is Cc1nnc(C(=O)N[C@@H](C)[C@@H](Oc2ccc3c(cnn3-c3ccc(F)cc3)c2)c2ccccc2)o1. The van der Waals surface area contributed by atoms with Crippen LogP contribution in [0.15, 0.2) is 83.4 Å². The van der Waals surface area contributed by atoms with E-state index in [1.54, 1.807) is 29.9 Å². The number of fused-ring (bicyclic) bond motifs is 1. The Labute approximate surface area is 200 Å². The Balaban J connectivity index is 1.41. The van der Waals surface area contributed by atoms with Crippen molar-refractivity contribution in [2.24, 2.45) is 0 Å². The van der Waals surface area contributed by atoms with Crippen molar-refractivity contribution in [2.75, 3.05) is 0 Å². The largest absolute Gasteiger partial charge is 0.484 e. The smallest absolute Gasteiger partial charge is 0.309 e. The van der Waals surface area contributed by atoms with Gasteiger partial charge in [0.2, 0.25) is 5.89 Å². The van der Waals surface area contributed by atoms with Gasteiger partial charge < -0.3 is 14.5 Å². The van der Waals surface area contributed by atoms with Gasteiger partial charge in [-0.25, -0.2) is 9.07 Å². The van der Waals surface area contributed by atoms with Gasteiger partial charge in [-0.15, -0.1) is 10.2 Å². The van der Waals surface area contributed by atoms with Gasteiger partial charge in [-0.3, -0.25) is 4.79 Å². The minimum atomic E-state index is -0.492. The second-order valence-corrected chi connectivity index (χ2v) is 8.09. The molecule has 3 aromatic carbocycles. The van der Waals surface area contributed by atoms with E-state index in [2.05, 4.69) is 20.6 Å². The van der Waals surface area contributed by atoms with Crippen molar-refractivity contribution < 1.29 is 18.3 Å². The first-order chi connectivity index (χ1) is 17.0. The van der Waals surface area contributed by atoms with Crippen LogP contribution >= 0.6 is 0 Å². The lowest BCUT2D eigenvalue weighted by atomic mass is 10.0. The lowest BCUT2D eigenvalue weighted by molar-refractivity contribution is 0.0846. The number of rotatable bonds is 7. The molecule has 0 aliphatic rings. The number of halogens is 1. The van der Waals surface area contributed by atoms with E-state index in [0.29, 0.717) is 11.6 Å². The maximum atomic E-state index is 13.3. The summed E-state index contributed by atoms with van der Waals surface area (Å²) in [6.45, 7) is 3.47. The van der Waals surface area contributed by atoms with Crippen molar-refractivity contribution in [1.29, 1.82) is 0 Å². The van der Waals surface area contributed by atoms with Crippen LogP contribution in [0, 0.1) is 12.7 Å². The third kappa shape index (κ3) is 4.74. The molecule has 8 nitrogen and oxygen atoms in total. The predicted molar refractivity (Wildman–Crippen MR) is 127 cm³/mol. The Morgan fingerprint density at radius 3 is 2.54 bits per heavy atom. The Hall–Kier alpha value is -4.53. The van der Waals surface area contributed by atoms with Crippen LogP contribution in [-0.4, -0.2) is 31.9 Å². The van der Waals surface area contributed by atoms with Crippen molar-refractivity contribution in [3.63, 3.8) is 0 Å². The van der Waals surface area contributed by atoms with Gasteiger partial charge in [0.05, 0.1) is 23.4 Å². The number of nitrogens with one attached hydrogen (secondary N) is 1. The van der Waals surface area contributed by atoms with E-state index >= 15 is 0 Å². The molecule has 0 radical (unpaired) electrons. The lowest BCUT2D eigenvalue weighted by Gasteiger charge is -2.26. The molecule has 0 bridgehead atoms. The van der Waals surface area contributed by atoms with E-state index in [9.17, 15) is 9.18 Å². The summed E-state index contributed by atoms with van der Waals surface area (Å²) >= 11 is 0. The fourth-order valence-electron chi connectivity index (χ4n) is 3.85. The van der Waals surface area contributed by atoms with Crippen molar-refractivity contribution in [1.82, 2.24) is 25.3 Å². The number of carbonyl (C=O) groups excluding carboxylic acids is 1. The Bertz CT molecular complexity index is 1460. The van der Waals surface area contributed by atoms with Gasteiger partial charge in [0.1, 0.15) is 17.7 Å². The second-order valence-electron chi connectivity index (χ2n) is 8.09. The van der Waals surface area contributed by atoms with Gasteiger partial charge in [0.15, 0.2) is 0 Å². The number of hydrogen-bond donors (Lipinski definition) is 1. The summed E-state index contributed by atoms with van der Waals surface area (Å²) in [5, 5.41) is 15.7. The molecule has 2 heterocycles. The van der Waals surface area contributed by atoms with Gasteiger partial charge >= 0.3 is 11.8 Å². The summed E-state index contributed by atoms with van der Waals surface area (Å²) in [6, 6.07) is 21.0. The molecule has 0 saturated heterocycles. The quantitative estimate of drug-likeness (QED) is 0.367. The summed E-state index contributed by atoms with van der Waals surface area (Å²) in [5.41, 5.74) is 2.50. The molecule has 2 atom stereocenters. The van der Waals surface area contributed by atoms with Crippen molar-refractivity contribution in [3.8, 4) is 11.4 Å². The maximum absolute atomic E-state index is 13.3. The molecule has 0 unspecified atom stereocenters. The monoisotopic (exact) mass is 471 g/mol. The highest BCUT2D eigenvalue weighted by atomic mass is 19.1. The van der Waals surface area contributed by atoms with Crippen LogP contribution in [0.3, 0.4) is 0 Å². The summed E-state index contributed by atoms with van der Waals surface area (Å²) in [6.07, 6.45) is 1.24. The van der Waals surface area contributed by atoms with Crippen LogP contribution in [-0.2, 0) is 0 Å². The van der Waals surface area contributed by atoms with Crippen molar-refractivity contribution >= 4 is 16.8 Å². The maximum Gasteiger partial charge on any atom is 0.309 e. The minimum Gasteiger partial charge on any atom is -0.484 e. The zero-order valence-electron chi connectivity index (χ0n) is 19.1. The van der Waals surface area contributed by atoms with Crippen LogP contribution in [0.2, 0.25) is 0 Å². The average Bonchev–Trinajstić information content (AvgIpc) is 3.49.